The number of fused-ring (bicyclic) bond motifs is 2. The van der Waals surface area contributed by atoms with Crippen molar-refractivity contribution in [2.24, 2.45) is 11.7 Å². The van der Waals surface area contributed by atoms with Gasteiger partial charge in [-0.15, -0.1) is 11.3 Å². The molecule has 3 heterocycles. The number of nitrogens with two attached hydrogens (primary N) is 1. The molecule has 0 radical (unpaired) electrons. The molecule has 9 heteroatoms. The number of benzene rings is 1. The number of carbonyl (C=O) groups excluding carboxylic acids is 2. The molecule has 0 saturated heterocycles. The molecule has 0 bridgehead atoms. The summed E-state index contributed by atoms with van der Waals surface area (Å²) in [5, 5.41) is 3.47. The van der Waals surface area contributed by atoms with E-state index in [2.05, 4.69) is 39.0 Å². The lowest BCUT2D eigenvalue weighted by Crippen LogP contribution is -2.32. The van der Waals surface area contributed by atoms with Crippen molar-refractivity contribution in [2.45, 2.75) is 26.8 Å². The van der Waals surface area contributed by atoms with Crippen LogP contribution in [0, 0.1) is 5.92 Å². The van der Waals surface area contributed by atoms with E-state index in [-0.39, 0.29) is 11.7 Å². The average Bonchev–Trinajstić information content (AvgIpc) is 3.23. The van der Waals surface area contributed by atoms with Crippen LogP contribution in [0.5, 0.6) is 0 Å². The first-order valence-corrected chi connectivity index (χ1v) is 10.0. The normalized spacial score (nSPS) is 14.4. The van der Waals surface area contributed by atoms with Crippen molar-refractivity contribution in [1.29, 1.82) is 0 Å². The number of nitrogens with zero attached hydrogens (tertiary/aromatic N) is 3. The van der Waals surface area contributed by atoms with E-state index >= 15 is 0 Å². The van der Waals surface area contributed by atoms with Gasteiger partial charge in [-0.3, -0.25) is 19.8 Å². The number of H-pyrrole nitrogens is 1. The maximum atomic E-state index is 12.8. The second-order valence-corrected chi connectivity index (χ2v) is 8.46. The molecule has 146 valence electrons. The lowest BCUT2D eigenvalue weighted by molar-refractivity contribution is 0.0989. The van der Waals surface area contributed by atoms with E-state index in [4.69, 9.17) is 5.73 Å². The maximum Gasteiger partial charge on any atom is 0.284 e. The van der Waals surface area contributed by atoms with Gasteiger partial charge in [-0.1, -0.05) is 19.9 Å². The summed E-state index contributed by atoms with van der Waals surface area (Å²) in [5.74, 6) is -0.321. The van der Waals surface area contributed by atoms with Gasteiger partial charge in [0.15, 0.2) is 11.0 Å². The van der Waals surface area contributed by atoms with Crippen molar-refractivity contribution in [1.82, 2.24) is 19.9 Å². The Morgan fingerprint density at radius 3 is 2.93 bits per heavy atom. The molecule has 4 N–H and O–H groups in total. The zero-order valence-electron chi connectivity index (χ0n) is 15.8. The van der Waals surface area contributed by atoms with E-state index in [1.165, 1.54) is 16.2 Å². The van der Waals surface area contributed by atoms with Crippen molar-refractivity contribution in [2.75, 3.05) is 18.4 Å². The van der Waals surface area contributed by atoms with Crippen LogP contribution in [0.3, 0.4) is 0 Å². The van der Waals surface area contributed by atoms with Gasteiger partial charge in [-0.25, -0.2) is 9.97 Å². The van der Waals surface area contributed by atoms with Crippen molar-refractivity contribution < 1.29 is 9.59 Å². The highest BCUT2D eigenvalue weighted by Gasteiger charge is 2.23. The van der Waals surface area contributed by atoms with E-state index in [9.17, 15) is 9.59 Å². The van der Waals surface area contributed by atoms with E-state index in [1.807, 2.05) is 0 Å². The molecule has 0 saturated carbocycles. The summed E-state index contributed by atoms with van der Waals surface area (Å²) < 4.78 is 0. The Balaban J connectivity index is 1.54. The van der Waals surface area contributed by atoms with Crippen molar-refractivity contribution in [3.63, 3.8) is 0 Å². The highest BCUT2D eigenvalue weighted by molar-refractivity contribution is 7.15. The SMILES string of the molecule is CC(C)CN1CCc2nc(NC(=O)c3cccc4[nH]c(C(N)=O)nc34)sc2C1. The number of hydrogen-bond donors (Lipinski definition) is 3. The Bertz CT molecular complexity index is 1050. The number of aromatic amines is 1. The van der Waals surface area contributed by atoms with E-state index < -0.39 is 5.91 Å². The number of aromatic nitrogens is 3. The van der Waals surface area contributed by atoms with Crippen LogP contribution in [0.2, 0.25) is 0 Å². The summed E-state index contributed by atoms with van der Waals surface area (Å²) in [6, 6.07) is 5.15. The van der Waals surface area contributed by atoms with Crippen LogP contribution in [-0.2, 0) is 13.0 Å². The third-order valence-corrected chi connectivity index (χ3v) is 5.64. The van der Waals surface area contributed by atoms with E-state index in [0.29, 0.717) is 27.6 Å². The van der Waals surface area contributed by atoms with Crippen LogP contribution in [0.1, 0.15) is 45.4 Å². The van der Waals surface area contributed by atoms with Crippen LogP contribution >= 0.6 is 11.3 Å². The second kappa shape index (κ2) is 7.33. The zero-order chi connectivity index (χ0) is 19.8. The molecule has 0 fully saturated rings. The Labute approximate surface area is 166 Å². The highest BCUT2D eigenvalue weighted by atomic mass is 32.1. The fraction of sp³-hybridized carbons (Fsp3) is 0.368. The summed E-state index contributed by atoms with van der Waals surface area (Å²) in [5.41, 5.74) is 7.72. The molecule has 2 amide bonds. The van der Waals surface area contributed by atoms with Gasteiger partial charge in [0.1, 0.15) is 5.52 Å². The second-order valence-electron chi connectivity index (χ2n) is 7.37. The number of carbonyl (C=O) groups is 2. The summed E-state index contributed by atoms with van der Waals surface area (Å²) in [4.78, 5) is 39.4. The van der Waals surface area contributed by atoms with Crippen LogP contribution in [0.25, 0.3) is 11.0 Å². The van der Waals surface area contributed by atoms with Gasteiger partial charge in [0.25, 0.3) is 11.8 Å². The summed E-state index contributed by atoms with van der Waals surface area (Å²) in [7, 11) is 0. The number of imidazole rings is 1. The molecule has 1 aliphatic heterocycles. The molecule has 0 atom stereocenters. The van der Waals surface area contributed by atoms with Crippen LogP contribution in [-0.4, -0.2) is 44.8 Å². The first-order chi connectivity index (χ1) is 13.4. The topological polar surface area (TPSA) is 117 Å². The summed E-state index contributed by atoms with van der Waals surface area (Å²) in [6.07, 6.45) is 0.894. The molecular weight excluding hydrogens is 376 g/mol. The third-order valence-electron chi connectivity index (χ3n) is 4.64. The molecule has 1 aliphatic rings. The van der Waals surface area contributed by atoms with Crippen molar-refractivity contribution in [3.8, 4) is 0 Å². The number of anilines is 1. The molecule has 28 heavy (non-hydrogen) atoms. The molecule has 8 nitrogen and oxygen atoms in total. The van der Waals surface area contributed by atoms with Gasteiger partial charge >= 0.3 is 0 Å². The minimum atomic E-state index is -0.666. The number of amides is 2. The number of primary amides is 1. The molecule has 0 aliphatic carbocycles. The summed E-state index contributed by atoms with van der Waals surface area (Å²) in [6.45, 7) is 7.35. The number of nitrogens with one attached hydrogen (secondary N) is 2. The quantitative estimate of drug-likeness (QED) is 0.610. The zero-order valence-corrected chi connectivity index (χ0v) is 16.6. The molecule has 1 aromatic carbocycles. The van der Waals surface area contributed by atoms with Crippen molar-refractivity contribution >= 4 is 39.3 Å². The van der Waals surface area contributed by atoms with Gasteiger partial charge in [-0.05, 0) is 18.1 Å². The molecule has 2 aromatic heterocycles. The average molecular weight is 398 g/mol. The van der Waals surface area contributed by atoms with E-state index in [0.717, 1.165) is 31.7 Å². The van der Waals surface area contributed by atoms with E-state index in [1.54, 1.807) is 18.2 Å². The number of hydrogen-bond acceptors (Lipinski definition) is 6. The molecule has 0 unspecified atom stereocenters. The molecule has 0 spiro atoms. The minimum absolute atomic E-state index is 0.0326. The number of thiazole rings is 1. The standard InChI is InChI=1S/C19H22N6O2S/c1-10(2)8-25-7-6-12-14(9-25)28-19(22-12)24-18(27)11-4-3-5-13-15(11)23-17(21-13)16(20)26/h3-5,10H,6-9H2,1-2H3,(H2,20,26)(H,21,23)(H,22,24,27). The van der Waals surface area contributed by atoms with Crippen LogP contribution in [0.15, 0.2) is 18.2 Å². The largest absolute Gasteiger partial charge is 0.363 e. The monoisotopic (exact) mass is 398 g/mol. The molecule has 3 aromatic rings. The predicted molar refractivity (Wildman–Crippen MR) is 108 cm³/mol. The lowest BCUT2D eigenvalue weighted by atomic mass is 10.1. The summed E-state index contributed by atoms with van der Waals surface area (Å²) >= 11 is 1.52. The Kier molecular flexibility index (Phi) is 4.86. The lowest BCUT2D eigenvalue weighted by Gasteiger charge is -2.27. The van der Waals surface area contributed by atoms with Gasteiger partial charge in [-0.2, -0.15) is 0 Å². The van der Waals surface area contributed by atoms with Crippen LogP contribution < -0.4 is 11.1 Å². The smallest absolute Gasteiger partial charge is 0.284 e. The number of rotatable bonds is 5. The fourth-order valence-electron chi connectivity index (χ4n) is 3.47. The van der Waals surface area contributed by atoms with Gasteiger partial charge < -0.3 is 10.7 Å². The molecule has 4 rings (SSSR count). The number of para-hydroxylation sites is 1. The Morgan fingerprint density at radius 2 is 2.18 bits per heavy atom. The first-order valence-electron chi connectivity index (χ1n) is 9.21. The minimum Gasteiger partial charge on any atom is -0.363 e. The third kappa shape index (κ3) is 3.63. The van der Waals surface area contributed by atoms with Gasteiger partial charge in [0.2, 0.25) is 0 Å². The first kappa shape index (κ1) is 18.6. The maximum absolute atomic E-state index is 12.8. The van der Waals surface area contributed by atoms with Crippen molar-refractivity contribution in [3.05, 3.63) is 40.2 Å². The molecular formula is C19H22N6O2S. The Morgan fingerprint density at radius 1 is 1.36 bits per heavy atom. The van der Waals surface area contributed by atoms with Crippen LogP contribution in [0.4, 0.5) is 5.13 Å². The fourth-order valence-corrected chi connectivity index (χ4v) is 4.52. The highest BCUT2D eigenvalue weighted by Crippen LogP contribution is 2.29. The van der Waals surface area contributed by atoms with Gasteiger partial charge in [0.05, 0.1) is 16.8 Å². The predicted octanol–water partition coefficient (Wildman–Crippen LogP) is 2.38. The Hall–Kier alpha value is -2.78. The van der Waals surface area contributed by atoms with Gasteiger partial charge in [0, 0.05) is 30.9 Å².